The Morgan fingerprint density at radius 3 is 2.11 bits per heavy atom. The molecule has 1 aliphatic carbocycles. The summed E-state index contributed by atoms with van der Waals surface area (Å²) in [5, 5.41) is 0.187. The predicted molar refractivity (Wildman–Crippen MR) is 157 cm³/mol. The lowest BCUT2D eigenvalue weighted by molar-refractivity contribution is -0.734. The minimum Gasteiger partial charge on any atom is -0.355 e. The van der Waals surface area contributed by atoms with Crippen molar-refractivity contribution in [3.63, 3.8) is 0 Å². The molecule has 0 N–H and O–H groups in total. The fourth-order valence-corrected chi connectivity index (χ4v) is 8.32. The van der Waals surface area contributed by atoms with Crippen LogP contribution in [-0.2, 0) is 5.54 Å². The zero-order valence-electron chi connectivity index (χ0n) is 22.7. The molecule has 0 amide bonds. The Bertz CT molecular complexity index is 1460. The maximum absolute atomic E-state index is 5.04. The Hall–Kier alpha value is -3.60. The molecule has 190 valence electrons. The molecular weight excluding hydrogens is 463 g/mol. The van der Waals surface area contributed by atoms with E-state index in [-0.39, 0.29) is 10.9 Å². The molecule has 4 heterocycles. The van der Waals surface area contributed by atoms with Gasteiger partial charge in [-0.25, -0.2) is 9.55 Å². The van der Waals surface area contributed by atoms with Crippen LogP contribution in [0.3, 0.4) is 0 Å². The van der Waals surface area contributed by atoms with E-state index in [1.165, 1.54) is 40.9 Å². The minimum atomic E-state index is 0.129. The van der Waals surface area contributed by atoms with Gasteiger partial charge in [0.15, 0.2) is 0 Å². The van der Waals surface area contributed by atoms with Crippen molar-refractivity contribution in [2.45, 2.75) is 50.9 Å². The summed E-state index contributed by atoms with van der Waals surface area (Å²) in [6.45, 7) is 9.63. The van der Waals surface area contributed by atoms with Crippen LogP contribution >= 0.6 is 0 Å². The highest BCUT2D eigenvalue weighted by Gasteiger charge is 2.88. The maximum Gasteiger partial charge on any atom is 0.509 e. The van der Waals surface area contributed by atoms with Gasteiger partial charge in [0.2, 0.25) is 0 Å². The first-order valence-electron chi connectivity index (χ1n) is 14.3. The summed E-state index contributed by atoms with van der Waals surface area (Å²) in [4.78, 5) is 10.3. The zero-order valence-corrected chi connectivity index (χ0v) is 22.7. The first-order chi connectivity index (χ1) is 18.7. The highest BCUT2D eigenvalue weighted by Crippen LogP contribution is 2.78. The van der Waals surface area contributed by atoms with Crippen LogP contribution in [0.5, 0.6) is 0 Å². The normalized spacial score (nSPS) is 25.1. The van der Waals surface area contributed by atoms with Gasteiger partial charge < -0.3 is 9.62 Å². The lowest BCUT2D eigenvalue weighted by atomic mass is 9.51. The summed E-state index contributed by atoms with van der Waals surface area (Å²) in [6, 6.07) is 30.6. The van der Waals surface area contributed by atoms with E-state index >= 15 is 0 Å². The molecule has 38 heavy (non-hydrogen) atoms. The summed E-state index contributed by atoms with van der Waals surface area (Å²) in [7, 11) is 0. The van der Waals surface area contributed by atoms with Crippen molar-refractivity contribution in [1.82, 2.24) is 4.98 Å². The van der Waals surface area contributed by atoms with Crippen molar-refractivity contribution in [1.29, 1.82) is 0 Å². The number of fused-ring (bicyclic) bond motifs is 6. The smallest absolute Gasteiger partial charge is 0.355 e. The van der Waals surface area contributed by atoms with Gasteiger partial charge >= 0.3 is 6.98 Å². The molecule has 5 heteroatoms. The Morgan fingerprint density at radius 2 is 1.47 bits per heavy atom. The largest absolute Gasteiger partial charge is 0.509 e. The number of aromatic nitrogens is 2. The van der Waals surface area contributed by atoms with Crippen molar-refractivity contribution in [3.8, 4) is 22.3 Å². The Kier molecular flexibility index (Phi) is 5.40. The number of rotatable bonds is 6. The van der Waals surface area contributed by atoms with Crippen LogP contribution in [0, 0.1) is 5.92 Å². The van der Waals surface area contributed by atoms with Gasteiger partial charge in [0, 0.05) is 35.9 Å². The molecule has 2 aromatic carbocycles. The molecule has 0 bridgehead atoms. The SMILES string of the molecule is CCCC12C(C)C1(CC)B1N(c3ccc(-c4ccccc4)cn3)CCN1c1ccc(-c3ccccc3)c[n+]12. The van der Waals surface area contributed by atoms with E-state index in [1.54, 1.807) is 0 Å². The zero-order chi connectivity index (χ0) is 25.9. The highest BCUT2D eigenvalue weighted by molar-refractivity contribution is 6.72. The third kappa shape index (κ3) is 3.05. The van der Waals surface area contributed by atoms with Crippen molar-refractivity contribution < 1.29 is 4.57 Å². The first-order valence-corrected chi connectivity index (χ1v) is 14.3. The Balaban J connectivity index is 1.33. The van der Waals surface area contributed by atoms with Gasteiger partial charge in [-0.15, -0.1) is 0 Å². The Labute approximate surface area is 227 Å². The fourth-order valence-electron chi connectivity index (χ4n) is 8.32. The van der Waals surface area contributed by atoms with Crippen molar-refractivity contribution in [3.05, 3.63) is 97.3 Å². The molecule has 1 saturated carbocycles. The van der Waals surface area contributed by atoms with Crippen LogP contribution in [0.15, 0.2) is 97.3 Å². The van der Waals surface area contributed by atoms with Crippen LogP contribution in [-0.4, -0.2) is 25.1 Å². The van der Waals surface area contributed by atoms with Gasteiger partial charge in [-0.05, 0) is 42.2 Å². The van der Waals surface area contributed by atoms with Crippen molar-refractivity contribution in [2.24, 2.45) is 5.92 Å². The number of hydrogen-bond donors (Lipinski definition) is 0. The second kappa shape index (κ2) is 8.73. The maximum atomic E-state index is 5.04. The predicted octanol–water partition coefficient (Wildman–Crippen LogP) is 6.83. The van der Waals surface area contributed by atoms with Gasteiger partial charge in [-0.3, -0.25) is 0 Å². The molecule has 2 fully saturated rings. The van der Waals surface area contributed by atoms with E-state index in [9.17, 15) is 0 Å². The molecule has 4 aromatic rings. The molecule has 4 nitrogen and oxygen atoms in total. The molecule has 3 atom stereocenters. The van der Waals surface area contributed by atoms with Gasteiger partial charge in [0.25, 0.3) is 5.82 Å². The van der Waals surface area contributed by atoms with Gasteiger partial charge in [-0.2, -0.15) is 0 Å². The van der Waals surface area contributed by atoms with Crippen molar-refractivity contribution >= 4 is 18.6 Å². The number of anilines is 2. The molecule has 0 spiro atoms. The molecule has 1 saturated heterocycles. The van der Waals surface area contributed by atoms with E-state index in [0.717, 1.165) is 25.3 Å². The van der Waals surface area contributed by atoms with Gasteiger partial charge in [0.1, 0.15) is 11.4 Å². The first kappa shape index (κ1) is 23.5. The van der Waals surface area contributed by atoms with Crippen molar-refractivity contribution in [2.75, 3.05) is 22.7 Å². The summed E-state index contributed by atoms with van der Waals surface area (Å²) in [6.07, 6.45) is 8.07. The molecule has 7 rings (SSSR count). The lowest BCUT2D eigenvalue weighted by Crippen LogP contribution is -2.65. The Morgan fingerprint density at radius 1 is 0.816 bits per heavy atom. The van der Waals surface area contributed by atoms with E-state index in [2.05, 4.69) is 132 Å². The number of benzene rings is 2. The second-order valence-electron chi connectivity index (χ2n) is 11.3. The third-order valence-corrected chi connectivity index (χ3v) is 9.97. The standard InChI is InChI=1S/C33H36BN4/c1-4-20-33-25(3)32(33,5-2)34-37(30-18-16-28(23-35-30)26-12-8-6-9-13-26)21-22-38(34)31-19-17-29(24-36(31)33)27-14-10-7-11-15-27/h6-19,23-25H,4-5,20-22H2,1-3H3/q+1. The minimum absolute atomic E-state index is 0.129. The molecule has 3 unspecified atom stereocenters. The summed E-state index contributed by atoms with van der Waals surface area (Å²) < 4.78 is 2.69. The van der Waals surface area contributed by atoms with Crippen LogP contribution in [0.4, 0.5) is 11.6 Å². The number of nitrogens with zero attached hydrogens (tertiary/aromatic N) is 4. The molecule has 3 aliphatic rings. The number of hydrogen-bond acceptors (Lipinski definition) is 3. The van der Waals surface area contributed by atoms with Crippen LogP contribution in [0.25, 0.3) is 22.3 Å². The monoisotopic (exact) mass is 499 g/mol. The average molecular weight is 499 g/mol. The number of pyridine rings is 2. The second-order valence-corrected chi connectivity index (χ2v) is 11.3. The van der Waals surface area contributed by atoms with Gasteiger partial charge in [-0.1, -0.05) is 87.9 Å². The summed E-state index contributed by atoms with van der Waals surface area (Å²) in [5.74, 6) is 3.05. The van der Waals surface area contributed by atoms with Crippen LogP contribution < -0.4 is 14.2 Å². The highest BCUT2D eigenvalue weighted by atomic mass is 15.4. The topological polar surface area (TPSA) is 23.3 Å². The summed E-state index contributed by atoms with van der Waals surface area (Å²) in [5.41, 5.74) is 5.12. The average Bonchev–Trinajstić information content (AvgIpc) is 3.26. The van der Waals surface area contributed by atoms with Crippen LogP contribution in [0.2, 0.25) is 5.31 Å². The summed E-state index contributed by atoms with van der Waals surface area (Å²) >= 11 is 0. The third-order valence-electron chi connectivity index (χ3n) is 9.97. The molecule has 2 aromatic heterocycles. The molecule has 2 aliphatic heterocycles. The van der Waals surface area contributed by atoms with E-state index < -0.39 is 0 Å². The van der Waals surface area contributed by atoms with E-state index in [4.69, 9.17) is 4.98 Å². The van der Waals surface area contributed by atoms with Crippen LogP contribution in [0.1, 0.15) is 40.0 Å². The molecular formula is C33H36BN4+. The molecule has 0 radical (unpaired) electrons. The van der Waals surface area contributed by atoms with E-state index in [1.807, 2.05) is 0 Å². The quantitative estimate of drug-likeness (QED) is 0.215. The fraction of sp³-hybridized carbons (Fsp3) is 0.333. The van der Waals surface area contributed by atoms with Gasteiger partial charge in [0.05, 0.1) is 18.1 Å². The lowest BCUT2D eigenvalue weighted by Gasteiger charge is -2.37. The van der Waals surface area contributed by atoms with E-state index in [0.29, 0.717) is 12.9 Å².